The number of rotatable bonds is 3. The van der Waals surface area contributed by atoms with Gasteiger partial charge >= 0.3 is 0 Å². The van der Waals surface area contributed by atoms with Crippen molar-refractivity contribution in [3.05, 3.63) is 18.3 Å². The molecule has 0 saturated heterocycles. The molecule has 0 unspecified atom stereocenters. The van der Waals surface area contributed by atoms with Gasteiger partial charge < -0.3 is 9.72 Å². The van der Waals surface area contributed by atoms with Crippen molar-refractivity contribution >= 4 is 0 Å². The Labute approximate surface area is 54.8 Å². The lowest BCUT2D eigenvalue weighted by Gasteiger charge is -1.98. The summed E-state index contributed by atoms with van der Waals surface area (Å²) in [5.41, 5.74) is 0. The van der Waals surface area contributed by atoms with Gasteiger partial charge in [0, 0.05) is 6.20 Å². The molecule has 1 aromatic heterocycles. The van der Waals surface area contributed by atoms with Crippen LogP contribution in [0.25, 0.3) is 0 Å². The largest absolute Gasteiger partial charge is 0.479 e. The maximum Gasteiger partial charge on any atom is 0.190 e. The van der Waals surface area contributed by atoms with Gasteiger partial charge in [-0.15, -0.1) is 0 Å². The SMILES string of the molecule is CCCOc1ccc[nH]1. The topological polar surface area (TPSA) is 25.0 Å². The monoisotopic (exact) mass is 125 g/mol. The van der Waals surface area contributed by atoms with Crippen molar-refractivity contribution in [2.75, 3.05) is 6.61 Å². The summed E-state index contributed by atoms with van der Waals surface area (Å²) in [4.78, 5) is 2.95. The van der Waals surface area contributed by atoms with Gasteiger partial charge in [-0.25, -0.2) is 0 Å². The van der Waals surface area contributed by atoms with Gasteiger partial charge in [-0.3, -0.25) is 0 Å². The first kappa shape index (κ1) is 6.20. The van der Waals surface area contributed by atoms with Gasteiger partial charge in [0.05, 0.1) is 6.61 Å². The van der Waals surface area contributed by atoms with Crippen LogP contribution in [-0.4, -0.2) is 11.6 Å². The van der Waals surface area contributed by atoms with Crippen LogP contribution in [0, 0.1) is 0 Å². The maximum absolute atomic E-state index is 5.24. The molecule has 0 amide bonds. The Kier molecular flexibility index (Phi) is 2.19. The van der Waals surface area contributed by atoms with E-state index in [4.69, 9.17) is 4.74 Å². The molecule has 1 heterocycles. The van der Waals surface area contributed by atoms with Gasteiger partial charge in [0.25, 0.3) is 0 Å². The predicted molar refractivity (Wildman–Crippen MR) is 36.6 cm³/mol. The van der Waals surface area contributed by atoms with E-state index in [-0.39, 0.29) is 0 Å². The van der Waals surface area contributed by atoms with Crippen molar-refractivity contribution < 1.29 is 4.74 Å². The number of H-pyrrole nitrogens is 1. The molecule has 1 N–H and O–H groups in total. The van der Waals surface area contributed by atoms with Crippen LogP contribution in [0.5, 0.6) is 5.88 Å². The van der Waals surface area contributed by atoms with Crippen molar-refractivity contribution in [3.63, 3.8) is 0 Å². The lowest BCUT2D eigenvalue weighted by Crippen LogP contribution is -1.93. The standard InChI is InChI=1S/C7H11NO/c1-2-6-9-7-4-3-5-8-7/h3-5,8H,2,6H2,1H3. The van der Waals surface area contributed by atoms with Crippen LogP contribution in [0.3, 0.4) is 0 Å². The number of aromatic amines is 1. The smallest absolute Gasteiger partial charge is 0.190 e. The molecule has 0 aliphatic rings. The summed E-state index contributed by atoms with van der Waals surface area (Å²) in [7, 11) is 0. The summed E-state index contributed by atoms with van der Waals surface area (Å²) in [6.45, 7) is 2.88. The molecule has 0 aliphatic carbocycles. The third-order valence-corrected chi connectivity index (χ3v) is 1.03. The molecule has 0 atom stereocenters. The average molecular weight is 125 g/mol. The van der Waals surface area contributed by atoms with Crippen molar-refractivity contribution in [2.45, 2.75) is 13.3 Å². The highest BCUT2D eigenvalue weighted by Crippen LogP contribution is 2.03. The number of nitrogens with one attached hydrogen (secondary N) is 1. The molecule has 2 heteroatoms. The molecule has 0 fully saturated rings. The minimum Gasteiger partial charge on any atom is -0.479 e. The van der Waals surface area contributed by atoms with E-state index in [1.165, 1.54) is 0 Å². The fraction of sp³-hybridized carbons (Fsp3) is 0.429. The lowest BCUT2D eigenvalue weighted by molar-refractivity contribution is 0.307. The highest BCUT2D eigenvalue weighted by molar-refractivity contribution is 5.09. The lowest BCUT2D eigenvalue weighted by atomic mass is 10.5. The fourth-order valence-electron chi connectivity index (χ4n) is 0.616. The normalized spacial score (nSPS) is 9.44. The summed E-state index contributed by atoms with van der Waals surface area (Å²) in [5, 5.41) is 0. The Morgan fingerprint density at radius 2 is 2.56 bits per heavy atom. The second-order valence-electron chi connectivity index (χ2n) is 1.88. The highest BCUT2D eigenvalue weighted by atomic mass is 16.5. The minimum absolute atomic E-state index is 0.792. The molecule has 0 spiro atoms. The van der Waals surface area contributed by atoms with Gasteiger partial charge in [-0.1, -0.05) is 6.92 Å². The summed E-state index contributed by atoms with van der Waals surface area (Å²) in [6, 6.07) is 3.83. The second-order valence-corrected chi connectivity index (χ2v) is 1.88. The summed E-state index contributed by atoms with van der Waals surface area (Å²) in [6.07, 6.45) is 2.91. The van der Waals surface area contributed by atoms with Gasteiger partial charge in [0.1, 0.15) is 0 Å². The van der Waals surface area contributed by atoms with Crippen molar-refractivity contribution in [3.8, 4) is 5.88 Å². The van der Waals surface area contributed by atoms with Crippen LogP contribution in [0.4, 0.5) is 0 Å². The molecule has 0 bridgehead atoms. The number of aromatic nitrogens is 1. The molecule has 2 nitrogen and oxygen atoms in total. The Morgan fingerprint density at radius 1 is 1.67 bits per heavy atom. The van der Waals surface area contributed by atoms with Crippen LogP contribution in [0.1, 0.15) is 13.3 Å². The zero-order chi connectivity index (χ0) is 6.53. The first-order chi connectivity index (χ1) is 4.43. The van der Waals surface area contributed by atoms with Crippen molar-refractivity contribution in [2.24, 2.45) is 0 Å². The zero-order valence-electron chi connectivity index (χ0n) is 5.55. The maximum atomic E-state index is 5.24. The predicted octanol–water partition coefficient (Wildman–Crippen LogP) is 1.80. The summed E-state index contributed by atoms with van der Waals surface area (Å²) >= 11 is 0. The molecular weight excluding hydrogens is 114 g/mol. The van der Waals surface area contributed by atoms with E-state index in [9.17, 15) is 0 Å². The first-order valence-electron chi connectivity index (χ1n) is 3.19. The summed E-state index contributed by atoms with van der Waals surface area (Å²) < 4.78 is 5.24. The molecule has 9 heavy (non-hydrogen) atoms. The van der Waals surface area contributed by atoms with Gasteiger partial charge in [0.2, 0.25) is 0 Å². The Morgan fingerprint density at radius 3 is 3.11 bits per heavy atom. The van der Waals surface area contributed by atoms with Crippen LogP contribution >= 0.6 is 0 Å². The van der Waals surface area contributed by atoms with Crippen LogP contribution < -0.4 is 4.74 Å². The molecular formula is C7H11NO. The quantitative estimate of drug-likeness (QED) is 0.654. The third kappa shape index (κ3) is 1.80. The van der Waals surface area contributed by atoms with E-state index in [0.717, 1.165) is 18.9 Å². The second kappa shape index (κ2) is 3.17. The van der Waals surface area contributed by atoms with Crippen LogP contribution in [-0.2, 0) is 0 Å². The van der Waals surface area contributed by atoms with Crippen molar-refractivity contribution in [1.29, 1.82) is 0 Å². The molecule has 0 aliphatic heterocycles. The van der Waals surface area contributed by atoms with Crippen molar-refractivity contribution in [1.82, 2.24) is 4.98 Å². The average Bonchev–Trinajstić information content (AvgIpc) is 2.34. The van der Waals surface area contributed by atoms with E-state index in [0.29, 0.717) is 0 Å². The summed E-state index contributed by atoms with van der Waals surface area (Å²) in [5.74, 6) is 0.858. The van der Waals surface area contributed by atoms with E-state index in [1.54, 1.807) is 0 Å². The van der Waals surface area contributed by atoms with Gasteiger partial charge in [0.15, 0.2) is 5.88 Å². The van der Waals surface area contributed by atoms with Gasteiger partial charge in [-0.05, 0) is 18.6 Å². The zero-order valence-corrected chi connectivity index (χ0v) is 5.55. The van der Waals surface area contributed by atoms with Gasteiger partial charge in [-0.2, -0.15) is 0 Å². The minimum atomic E-state index is 0.792. The van der Waals surface area contributed by atoms with E-state index in [2.05, 4.69) is 11.9 Å². The van der Waals surface area contributed by atoms with Crippen LogP contribution in [0.2, 0.25) is 0 Å². The van der Waals surface area contributed by atoms with E-state index >= 15 is 0 Å². The molecule has 50 valence electrons. The molecule has 0 radical (unpaired) electrons. The Balaban J connectivity index is 2.30. The third-order valence-electron chi connectivity index (χ3n) is 1.03. The molecule has 1 aromatic rings. The molecule has 0 saturated carbocycles. The Hall–Kier alpha value is -0.920. The number of hydrogen-bond donors (Lipinski definition) is 1. The van der Waals surface area contributed by atoms with E-state index < -0.39 is 0 Å². The highest BCUT2D eigenvalue weighted by Gasteiger charge is 1.87. The fourth-order valence-corrected chi connectivity index (χ4v) is 0.616. The molecule has 1 rings (SSSR count). The van der Waals surface area contributed by atoms with E-state index in [1.807, 2.05) is 18.3 Å². The first-order valence-corrected chi connectivity index (χ1v) is 3.19. The Bertz CT molecular complexity index is 146. The molecule has 0 aromatic carbocycles. The van der Waals surface area contributed by atoms with Crippen LogP contribution in [0.15, 0.2) is 18.3 Å². The number of hydrogen-bond acceptors (Lipinski definition) is 1. The number of ether oxygens (including phenoxy) is 1.